The van der Waals surface area contributed by atoms with Crippen molar-refractivity contribution in [2.45, 2.75) is 30.4 Å². The lowest BCUT2D eigenvalue weighted by atomic mass is 10.1. The van der Waals surface area contributed by atoms with Gasteiger partial charge in [0.05, 0.1) is 11.0 Å². The van der Waals surface area contributed by atoms with E-state index < -0.39 is 5.97 Å². The highest BCUT2D eigenvalue weighted by Gasteiger charge is 2.17. The molecule has 4 nitrogen and oxygen atoms in total. The number of carbonyl (C=O) groups is 2. The SMILES string of the molecule is CC(CC(=O)O)NC(=O)c1ccc(C2SCCCS2)cc1. The van der Waals surface area contributed by atoms with Gasteiger partial charge in [-0.3, -0.25) is 9.59 Å². The predicted molar refractivity (Wildman–Crippen MR) is 87.9 cm³/mol. The zero-order valence-electron chi connectivity index (χ0n) is 11.9. The van der Waals surface area contributed by atoms with E-state index in [2.05, 4.69) is 5.32 Å². The molecule has 0 aromatic heterocycles. The molecule has 1 aliphatic rings. The largest absolute Gasteiger partial charge is 0.481 e. The lowest BCUT2D eigenvalue weighted by Gasteiger charge is -2.21. The zero-order chi connectivity index (χ0) is 15.2. The van der Waals surface area contributed by atoms with E-state index in [-0.39, 0.29) is 18.4 Å². The maximum Gasteiger partial charge on any atom is 0.305 e. The highest BCUT2D eigenvalue weighted by atomic mass is 32.2. The normalized spacial score (nSPS) is 17.2. The molecule has 114 valence electrons. The number of hydrogen-bond acceptors (Lipinski definition) is 4. The molecule has 1 heterocycles. The molecule has 1 atom stereocenters. The summed E-state index contributed by atoms with van der Waals surface area (Å²) in [5.74, 6) is 1.24. The van der Waals surface area contributed by atoms with Crippen molar-refractivity contribution in [3.05, 3.63) is 35.4 Å². The van der Waals surface area contributed by atoms with Crippen LogP contribution in [0.2, 0.25) is 0 Å². The lowest BCUT2D eigenvalue weighted by Crippen LogP contribution is -2.34. The second kappa shape index (κ2) is 7.75. The van der Waals surface area contributed by atoms with Gasteiger partial charge in [0.25, 0.3) is 5.91 Å². The van der Waals surface area contributed by atoms with E-state index in [9.17, 15) is 9.59 Å². The molecule has 1 fully saturated rings. The molecule has 0 spiro atoms. The van der Waals surface area contributed by atoms with Gasteiger partial charge >= 0.3 is 5.97 Å². The smallest absolute Gasteiger partial charge is 0.305 e. The van der Waals surface area contributed by atoms with Crippen LogP contribution < -0.4 is 5.32 Å². The highest BCUT2D eigenvalue weighted by Crippen LogP contribution is 2.43. The molecule has 1 amide bonds. The van der Waals surface area contributed by atoms with Crippen LogP contribution in [0.4, 0.5) is 0 Å². The number of thioether (sulfide) groups is 2. The molecule has 1 aliphatic heterocycles. The van der Waals surface area contributed by atoms with Gasteiger partial charge in [-0.2, -0.15) is 0 Å². The summed E-state index contributed by atoms with van der Waals surface area (Å²) in [5.41, 5.74) is 1.81. The van der Waals surface area contributed by atoms with Crippen molar-refractivity contribution in [2.24, 2.45) is 0 Å². The molecule has 6 heteroatoms. The van der Waals surface area contributed by atoms with Gasteiger partial charge in [0, 0.05) is 11.6 Å². The fourth-order valence-corrected chi connectivity index (χ4v) is 4.99. The second-order valence-electron chi connectivity index (χ2n) is 5.02. The Hall–Kier alpha value is -1.14. The zero-order valence-corrected chi connectivity index (χ0v) is 13.5. The van der Waals surface area contributed by atoms with E-state index in [1.807, 2.05) is 47.8 Å². The molecule has 0 saturated carbocycles. The summed E-state index contributed by atoms with van der Waals surface area (Å²) in [4.78, 5) is 22.6. The van der Waals surface area contributed by atoms with Crippen LogP contribution in [0.1, 0.15) is 40.3 Å². The lowest BCUT2D eigenvalue weighted by molar-refractivity contribution is -0.137. The van der Waals surface area contributed by atoms with Crippen molar-refractivity contribution in [1.82, 2.24) is 5.32 Å². The Morgan fingerprint density at radius 3 is 2.48 bits per heavy atom. The first kappa shape index (κ1) is 16.2. The highest BCUT2D eigenvalue weighted by molar-refractivity contribution is 8.16. The summed E-state index contributed by atoms with van der Waals surface area (Å²) in [5, 5.41) is 11.4. The topological polar surface area (TPSA) is 66.4 Å². The third-order valence-corrected chi connectivity index (χ3v) is 6.15. The van der Waals surface area contributed by atoms with Crippen LogP contribution in [0.15, 0.2) is 24.3 Å². The number of carbonyl (C=O) groups excluding carboxylic acids is 1. The van der Waals surface area contributed by atoms with Crippen LogP contribution >= 0.6 is 23.5 Å². The Morgan fingerprint density at radius 1 is 1.29 bits per heavy atom. The standard InChI is InChI=1S/C15H19NO3S2/c1-10(9-13(17)18)16-14(19)11-3-5-12(6-4-11)15-20-7-2-8-21-15/h3-6,10,15H,2,7-9H2,1H3,(H,16,19)(H,17,18). The predicted octanol–water partition coefficient (Wildman–Crippen LogP) is 3.15. The number of hydrogen-bond donors (Lipinski definition) is 2. The minimum absolute atomic E-state index is 0.0703. The number of nitrogens with one attached hydrogen (secondary N) is 1. The number of carboxylic acids is 1. The van der Waals surface area contributed by atoms with Crippen molar-refractivity contribution < 1.29 is 14.7 Å². The Bertz CT molecular complexity index is 498. The monoisotopic (exact) mass is 325 g/mol. The third-order valence-electron chi connectivity index (χ3n) is 3.13. The van der Waals surface area contributed by atoms with Crippen LogP contribution in [0, 0.1) is 0 Å². The van der Waals surface area contributed by atoms with Crippen molar-refractivity contribution >= 4 is 35.4 Å². The van der Waals surface area contributed by atoms with Crippen molar-refractivity contribution in [1.29, 1.82) is 0 Å². The van der Waals surface area contributed by atoms with E-state index in [0.717, 1.165) is 0 Å². The average molecular weight is 325 g/mol. The molecular weight excluding hydrogens is 306 g/mol. The molecule has 0 radical (unpaired) electrons. The number of aliphatic carboxylic acids is 1. The van der Waals surface area contributed by atoms with Crippen molar-refractivity contribution in [3.8, 4) is 0 Å². The fourth-order valence-electron chi connectivity index (χ4n) is 2.09. The molecular formula is C15H19NO3S2. The van der Waals surface area contributed by atoms with Gasteiger partial charge in [-0.15, -0.1) is 23.5 Å². The van der Waals surface area contributed by atoms with E-state index >= 15 is 0 Å². The number of carboxylic acid groups (broad SMARTS) is 1. The number of benzene rings is 1. The van der Waals surface area contributed by atoms with Gasteiger partial charge in [0.15, 0.2) is 0 Å². The molecule has 21 heavy (non-hydrogen) atoms. The molecule has 1 unspecified atom stereocenters. The molecule has 2 rings (SSSR count). The van der Waals surface area contributed by atoms with E-state index in [4.69, 9.17) is 5.11 Å². The fraction of sp³-hybridized carbons (Fsp3) is 0.467. The number of rotatable bonds is 5. The summed E-state index contributed by atoms with van der Waals surface area (Å²) in [7, 11) is 0. The summed E-state index contributed by atoms with van der Waals surface area (Å²) in [6.45, 7) is 1.69. The van der Waals surface area contributed by atoms with Gasteiger partial charge < -0.3 is 10.4 Å². The average Bonchev–Trinajstić information content (AvgIpc) is 2.47. The van der Waals surface area contributed by atoms with Crippen LogP contribution in [-0.2, 0) is 4.79 Å². The van der Waals surface area contributed by atoms with Gasteiger partial charge in [-0.05, 0) is 42.5 Å². The van der Waals surface area contributed by atoms with E-state index in [1.165, 1.54) is 23.5 Å². The Labute approximate surface area is 133 Å². The molecule has 0 bridgehead atoms. The quantitative estimate of drug-likeness (QED) is 0.870. The molecule has 0 aliphatic carbocycles. The molecule has 1 aromatic rings. The summed E-state index contributed by atoms with van der Waals surface area (Å²) in [6, 6.07) is 7.24. The Balaban J connectivity index is 1.94. The van der Waals surface area contributed by atoms with Gasteiger partial charge in [-0.1, -0.05) is 12.1 Å². The van der Waals surface area contributed by atoms with Crippen LogP contribution in [0.3, 0.4) is 0 Å². The first-order valence-electron chi connectivity index (χ1n) is 6.92. The summed E-state index contributed by atoms with van der Waals surface area (Å²) >= 11 is 3.89. The van der Waals surface area contributed by atoms with Crippen LogP contribution in [-0.4, -0.2) is 34.5 Å². The molecule has 1 saturated heterocycles. The molecule has 2 N–H and O–H groups in total. The van der Waals surface area contributed by atoms with Gasteiger partial charge in [0.1, 0.15) is 0 Å². The van der Waals surface area contributed by atoms with Crippen molar-refractivity contribution in [2.75, 3.05) is 11.5 Å². The van der Waals surface area contributed by atoms with E-state index in [0.29, 0.717) is 10.1 Å². The third kappa shape index (κ3) is 4.97. The maximum absolute atomic E-state index is 12.0. The molecule has 1 aromatic carbocycles. The van der Waals surface area contributed by atoms with E-state index in [1.54, 1.807) is 6.92 Å². The first-order chi connectivity index (χ1) is 10.1. The van der Waals surface area contributed by atoms with Crippen molar-refractivity contribution in [3.63, 3.8) is 0 Å². The summed E-state index contributed by atoms with van der Waals surface area (Å²) < 4.78 is 0.460. The maximum atomic E-state index is 12.0. The Kier molecular flexibility index (Phi) is 5.99. The minimum Gasteiger partial charge on any atom is -0.481 e. The second-order valence-corrected chi connectivity index (χ2v) is 7.75. The van der Waals surface area contributed by atoms with Crippen LogP contribution in [0.25, 0.3) is 0 Å². The van der Waals surface area contributed by atoms with Crippen LogP contribution in [0.5, 0.6) is 0 Å². The minimum atomic E-state index is -0.913. The van der Waals surface area contributed by atoms with Gasteiger partial charge in [-0.25, -0.2) is 0 Å². The Morgan fingerprint density at radius 2 is 1.90 bits per heavy atom. The van der Waals surface area contributed by atoms with Gasteiger partial charge in [0.2, 0.25) is 0 Å². The number of amides is 1. The first-order valence-corrected chi connectivity index (χ1v) is 9.02. The summed E-state index contributed by atoms with van der Waals surface area (Å²) in [6.07, 6.45) is 1.19.